The van der Waals surface area contributed by atoms with E-state index < -0.39 is 5.97 Å². The highest BCUT2D eigenvalue weighted by Crippen LogP contribution is 2.34. The van der Waals surface area contributed by atoms with Crippen LogP contribution in [0.25, 0.3) is 0 Å². The lowest BCUT2D eigenvalue weighted by atomic mass is 10.3. The van der Waals surface area contributed by atoms with Crippen LogP contribution in [0.3, 0.4) is 0 Å². The Kier molecular flexibility index (Phi) is 4.29. The van der Waals surface area contributed by atoms with Gasteiger partial charge in [0.1, 0.15) is 15.9 Å². The summed E-state index contributed by atoms with van der Waals surface area (Å²) < 4.78 is 5.23. The van der Waals surface area contributed by atoms with Crippen molar-refractivity contribution in [2.24, 2.45) is 0 Å². The van der Waals surface area contributed by atoms with Gasteiger partial charge in [0, 0.05) is 0 Å². The third kappa shape index (κ3) is 3.39. The highest BCUT2D eigenvalue weighted by Gasteiger charge is 2.10. The molecule has 0 saturated carbocycles. The van der Waals surface area contributed by atoms with Gasteiger partial charge in [-0.1, -0.05) is 35.5 Å². The first-order valence-electron chi connectivity index (χ1n) is 5.32. The number of pyridine rings is 1. The molecule has 0 spiro atoms. The van der Waals surface area contributed by atoms with Gasteiger partial charge in [-0.3, -0.25) is 0 Å². The Bertz CT molecular complexity index is 619. The van der Waals surface area contributed by atoms with Gasteiger partial charge in [-0.15, -0.1) is 0 Å². The van der Waals surface area contributed by atoms with E-state index in [1.807, 2.05) is 24.3 Å². The largest absolute Gasteiger partial charge is 0.496 e. The van der Waals surface area contributed by atoms with Crippen molar-refractivity contribution in [1.82, 2.24) is 4.98 Å². The SMILES string of the molecule is COc1ccccc1Sc1cc(C(=O)O)cc(Cl)n1. The topological polar surface area (TPSA) is 59.4 Å². The number of methoxy groups -OCH3 is 1. The minimum absolute atomic E-state index is 0.109. The van der Waals surface area contributed by atoms with Crippen molar-refractivity contribution in [3.05, 3.63) is 47.1 Å². The van der Waals surface area contributed by atoms with E-state index in [0.29, 0.717) is 10.8 Å². The predicted molar refractivity (Wildman–Crippen MR) is 73.3 cm³/mol. The zero-order valence-electron chi connectivity index (χ0n) is 9.96. The van der Waals surface area contributed by atoms with Crippen molar-refractivity contribution in [2.45, 2.75) is 9.92 Å². The molecule has 2 aromatic rings. The molecule has 0 bridgehead atoms. The summed E-state index contributed by atoms with van der Waals surface area (Å²) >= 11 is 7.12. The fraction of sp³-hybridized carbons (Fsp3) is 0.0769. The Labute approximate surface area is 119 Å². The second-order valence-corrected chi connectivity index (χ2v) is 5.02. The summed E-state index contributed by atoms with van der Waals surface area (Å²) in [6, 6.07) is 10.2. The molecule has 4 nitrogen and oxygen atoms in total. The summed E-state index contributed by atoms with van der Waals surface area (Å²) in [7, 11) is 1.58. The lowest BCUT2D eigenvalue weighted by molar-refractivity contribution is 0.0696. The Morgan fingerprint density at radius 1 is 1.37 bits per heavy atom. The minimum atomic E-state index is -1.04. The number of carboxylic acid groups (broad SMARTS) is 1. The van der Waals surface area contributed by atoms with Crippen LogP contribution >= 0.6 is 23.4 Å². The van der Waals surface area contributed by atoms with Gasteiger partial charge in [0.25, 0.3) is 0 Å². The molecule has 2 rings (SSSR count). The summed E-state index contributed by atoms with van der Waals surface area (Å²) in [6.45, 7) is 0. The maximum atomic E-state index is 11.0. The summed E-state index contributed by atoms with van der Waals surface area (Å²) in [5.41, 5.74) is 0.109. The van der Waals surface area contributed by atoms with Crippen molar-refractivity contribution < 1.29 is 14.6 Å². The second-order valence-electron chi connectivity index (χ2n) is 3.57. The molecule has 1 N–H and O–H groups in total. The molecule has 0 fully saturated rings. The standard InChI is InChI=1S/C13H10ClNO3S/c1-18-9-4-2-3-5-10(9)19-12-7-8(13(16)17)6-11(14)15-12/h2-7H,1H3,(H,16,17). The van der Waals surface area contributed by atoms with Crippen LogP contribution in [0.4, 0.5) is 0 Å². The van der Waals surface area contributed by atoms with Gasteiger partial charge in [-0.2, -0.15) is 0 Å². The number of ether oxygens (including phenoxy) is 1. The Morgan fingerprint density at radius 3 is 2.79 bits per heavy atom. The smallest absolute Gasteiger partial charge is 0.335 e. The molecule has 98 valence electrons. The summed E-state index contributed by atoms with van der Waals surface area (Å²) in [6.07, 6.45) is 0. The molecule has 0 amide bonds. The lowest BCUT2D eigenvalue weighted by Crippen LogP contribution is -1.97. The van der Waals surface area contributed by atoms with Gasteiger partial charge in [0.15, 0.2) is 0 Å². The van der Waals surface area contributed by atoms with Crippen molar-refractivity contribution in [1.29, 1.82) is 0 Å². The van der Waals surface area contributed by atoms with Crippen LogP contribution in [0.5, 0.6) is 5.75 Å². The fourth-order valence-electron chi connectivity index (χ4n) is 1.46. The van der Waals surface area contributed by atoms with E-state index in [1.165, 1.54) is 23.9 Å². The first-order valence-corrected chi connectivity index (χ1v) is 6.51. The molecule has 19 heavy (non-hydrogen) atoms. The second kappa shape index (κ2) is 5.95. The van der Waals surface area contributed by atoms with E-state index in [9.17, 15) is 4.79 Å². The first-order chi connectivity index (χ1) is 9.10. The van der Waals surface area contributed by atoms with E-state index in [-0.39, 0.29) is 10.7 Å². The van der Waals surface area contributed by atoms with Crippen LogP contribution in [0.1, 0.15) is 10.4 Å². The van der Waals surface area contributed by atoms with Crippen LogP contribution in [0, 0.1) is 0 Å². The number of carbonyl (C=O) groups is 1. The number of hydrogen-bond donors (Lipinski definition) is 1. The van der Waals surface area contributed by atoms with Crippen molar-refractivity contribution in [3.8, 4) is 5.75 Å². The maximum absolute atomic E-state index is 11.0. The van der Waals surface area contributed by atoms with E-state index >= 15 is 0 Å². The van der Waals surface area contributed by atoms with Crippen LogP contribution in [0.15, 0.2) is 46.3 Å². The molecular weight excluding hydrogens is 286 g/mol. The molecule has 0 saturated heterocycles. The van der Waals surface area contributed by atoms with Gasteiger partial charge in [0.2, 0.25) is 0 Å². The number of aromatic carboxylic acids is 1. The molecular formula is C13H10ClNO3S. The minimum Gasteiger partial charge on any atom is -0.496 e. The van der Waals surface area contributed by atoms with Crippen molar-refractivity contribution >= 4 is 29.3 Å². The summed E-state index contributed by atoms with van der Waals surface area (Å²) in [4.78, 5) is 15.9. The Morgan fingerprint density at radius 2 is 2.11 bits per heavy atom. The van der Waals surface area contributed by atoms with Gasteiger partial charge in [0.05, 0.1) is 17.6 Å². The first kappa shape index (κ1) is 13.7. The molecule has 0 aliphatic rings. The van der Waals surface area contributed by atoms with Gasteiger partial charge in [-0.05, 0) is 24.3 Å². The Balaban J connectivity index is 2.35. The van der Waals surface area contributed by atoms with E-state index in [0.717, 1.165) is 4.90 Å². The third-order valence-corrected chi connectivity index (χ3v) is 3.47. The molecule has 0 radical (unpaired) electrons. The zero-order chi connectivity index (χ0) is 13.8. The monoisotopic (exact) mass is 295 g/mol. The van der Waals surface area contributed by atoms with E-state index in [2.05, 4.69) is 4.98 Å². The number of benzene rings is 1. The van der Waals surface area contributed by atoms with Crippen LogP contribution < -0.4 is 4.74 Å². The average Bonchev–Trinajstić information content (AvgIpc) is 2.38. The number of para-hydroxylation sites is 1. The number of hydrogen-bond acceptors (Lipinski definition) is 4. The van der Waals surface area contributed by atoms with E-state index in [1.54, 1.807) is 7.11 Å². The molecule has 0 aliphatic heterocycles. The van der Waals surface area contributed by atoms with Crippen molar-refractivity contribution in [3.63, 3.8) is 0 Å². The number of halogens is 1. The molecule has 1 aromatic carbocycles. The van der Waals surface area contributed by atoms with Gasteiger partial charge in [-0.25, -0.2) is 9.78 Å². The molecule has 0 aliphatic carbocycles. The average molecular weight is 296 g/mol. The van der Waals surface area contributed by atoms with E-state index in [4.69, 9.17) is 21.4 Å². The highest BCUT2D eigenvalue weighted by atomic mass is 35.5. The van der Waals surface area contributed by atoms with Crippen LogP contribution in [0.2, 0.25) is 5.15 Å². The summed E-state index contributed by atoms with van der Waals surface area (Å²) in [5.74, 6) is -0.336. The molecule has 0 unspecified atom stereocenters. The van der Waals surface area contributed by atoms with Gasteiger partial charge < -0.3 is 9.84 Å². The predicted octanol–water partition coefficient (Wildman–Crippen LogP) is 3.59. The number of aromatic nitrogens is 1. The lowest BCUT2D eigenvalue weighted by Gasteiger charge is -2.07. The quantitative estimate of drug-likeness (QED) is 0.873. The maximum Gasteiger partial charge on any atom is 0.335 e. The third-order valence-electron chi connectivity index (χ3n) is 2.30. The normalized spacial score (nSPS) is 10.2. The molecule has 1 aromatic heterocycles. The van der Waals surface area contributed by atoms with Crippen LogP contribution in [-0.2, 0) is 0 Å². The van der Waals surface area contributed by atoms with Crippen LogP contribution in [-0.4, -0.2) is 23.2 Å². The number of nitrogens with zero attached hydrogens (tertiary/aromatic N) is 1. The Hall–Kier alpha value is -1.72. The fourth-order valence-corrected chi connectivity index (χ4v) is 2.68. The molecule has 1 heterocycles. The summed E-state index contributed by atoms with van der Waals surface area (Å²) in [5, 5.41) is 9.64. The molecule has 0 atom stereocenters. The zero-order valence-corrected chi connectivity index (χ0v) is 11.5. The number of rotatable bonds is 4. The van der Waals surface area contributed by atoms with Gasteiger partial charge >= 0.3 is 5.97 Å². The number of carboxylic acids is 1. The molecule has 6 heteroatoms. The highest BCUT2D eigenvalue weighted by molar-refractivity contribution is 7.99. The van der Waals surface area contributed by atoms with Crippen molar-refractivity contribution in [2.75, 3.05) is 7.11 Å².